The average molecular weight is 905 g/mol. The van der Waals surface area contributed by atoms with Crippen molar-refractivity contribution in [2.75, 3.05) is 6.61 Å². The number of carbonyl (C=O) groups excluding carboxylic acids is 2. The van der Waals surface area contributed by atoms with Gasteiger partial charge in [-0.2, -0.15) is 0 Å². The average Bonchev–Trinajstić information content (AvgIpc) is 3.29. The maximum atomic E-state index is 13.2. The molecule has 0 aromatic heterocycles. The fourth-order valence-electron chi connectivity index (χ4n) is 9.20. The van der Waals surface area contributed by atoms with Gasteiger partial charge >= 0.3 is 5.97 Å². The Morgan fingerprint density at radius 2 is 0.766 bits per heavy atom. The van der Waals surface area contributed by atoms with E-state index in [1.54, 1.807) is 0 Å². The van der Waals surface area contributed by atoms with Crippen LogP contribution in [0.5, 0.6) is 0 Å². The lowest BCUT2D eigenvalue weighted by Crippen LogP contribution is -2.46. The van der Waals surface area contributed by atoms with Crippen molar-refractivity contribution in [3.63, 3.8) is 0 Å². The minimum atomic E-state index is -0.789. The Hall–Kier alpha value is -1.40. The number of nitrogens with one attached hydrogen (secondary N) is 1. The maximum absolute atomic E-state index is 13.2. The van der Waals surface area contributed by atoms with Gasteiger partial charge in [0, 0.05) is 6.42 Å². The first-order valence-electron chi connectivity index (χ1n) is 28.9. The normalized spacial score (nSPS) is 13.1. The first-order chi connectivity index (χ1) is 31.5. The highest BCUT2D eigenvalue weighted by Gasteiger charge is 2.24. The van der Waals surface area contributed by atoms with E-state index >= 15 is 0 Å². The van der Waals surface area contributed by atoms with Gasteiger partial charge < -0.3 is 20.3 Å². The molecule has 0 radical (unpaired) electrons. The molecule has 0 bridgehead atoms. The number of hydrogen-bond donors (Lipinski definition) is 3. The van der Waals surface area contributed by atoms with Gasteiger partial charge in [-0.3, -0.25) is 9.59 Å². The van der Waals surface area contributed by atoms with Crippen LogP contribution in [0, 0.1) is 0 Å². The Kier molecular flexibility index (Phi) is 51.4. The molecule has 0 rings (SSSR count). The molecular formula is C58H113NO5. The third kappa shape index (κ3) is 47.1. The lowest BCUT2D eigenvalue weighted by Gasteiger charge is -2.24. The Morgan fingerprint density at radius 1 is 0.438 bits per heavy atom. The third-order valence-electron chi connectivity index (χ3n) is 13.6. The summed E-state index contributed by atoms with van der Waals surface area (Å²) in [5, 5.41) is 23.8. The molecule has 0 aliphatic rings. The lowest BCUT2D eigenvalue weighted by molar-refractivity contribution is -0.151. The molecule has 1 amide bonds. The summed E-state index contributed by atoms with van der Waals surface area (Å²) in [7, 11) is 0. The number of allylic oxidation sites excluding steroid dienone is 2. The zero-order valence-electron chi connectivity index (χ0n) is 43.4. The molecule has 0 spiro atoms. The number of unbranched alkanes of at least 4 members (excludes halogenated alkanes) is 39. The predicted octanol–water partition coefficient (Wildman–Crippen LogP) is 17.7. The second-order valence-electron chi connectivity index (χ2n) is 20.1. The van der Waals surface area contributed by atoms with Crippen molar-refractivity contribution in [3.8, 4) is 0 Å². The van der Waals surface area contributed by atoms with Gasteiger partial charge in [-0.1, -0.05) is 277 Å². The van der Waals surface area contributed by atoms with Crippen LogP contribution in [0.15, 0.2) is 12.2 Å². The van der Waals surface area contributed by atoms with Crippen molar-refractivity contribution in [2.24, 2.45) is 0 Å². The summed E-state index contributed by atoms with van der Waals surface area (Å²) >= 11 is 0. The molecular weight excluding hydrogens is 791 g/mol. The molecule has 3 atom stereocenters. The maximum Gasteiger partial charge on any atom is 0.306 e. The van der Waals surface area contributed by atoms with Crippen LogP contribution in [0.25, 0.3) is 0 Å². The van der Waals surface area contributed by atoms with E-state index < -0.39 is 18.2 Å². The third-order valence-corrected chi connectivity index (χ3v) is 13.6. The first kappa shape index (κ1) is 62.6. The molecule has 6 heteroatoms. The summed E-state index contributed by atoms with van der Waals surface area (Å²) in [6, 6.07) is -0.704. The molecule has 0 saturated carbocycles. The summed E-state index contributed by atoms with van der Waals surface area (Å²) in [6.45, 7) is 6.51. The molecule has 0 aliphatic carbocycles. The van der Waals surface area contributed by atoms with Gasteiger partial charge in [-0.05, 0) is 44.9 Å². The number of ether oxygens (including phenoxy) is 1. The van der Waals surface area contributed by atoms with E-state index in [2.05, 4.69) is 38.2 Å². The van der Waals surface area contributed by atoms with Crippen molar-refractivity contribution in [2.45, 2.75) is 341 Å². The van der Waals surface area contributed by atoms with Gasteiger partial charge in [0.05, 0.1) is 25.2 Å². The SMILES string of the molecule is CCCCCCCCC/C=C\CCCC(CC(=O)NC(CO)C(O)CCCCCCCCCCCCCCCC)OC(=O)CCCCCCCCCCCCCCCCCCCCC. The minimum Gasteiger partial charge on any atom is -0.462 e. The van der Waals surface area contributed by atoms with Crippen LogP contribution in [0.2, 0.25) is 0 Å². The fraction of sp³-hybridized carbons (Fsp3) is 0.931. The molecule has 0 heterocycles. The number of esters is 1. The van der Waals surface area contributed by atoms with Crippen LogP contribution in [-0.4, -0.2) is 46.9 Å². The molecule has 3 unspecified atom stereocenters. The molecule has 64 heavy (non-hydrogen) atoms. The highest BCUT2D eigenvalue weighted by molar-refractivity contribution is 5.77. The smallest absolute Gasteiger partial charge is 0.306 e. The highest BCUT2D eigenvalue weighted by atomic mass is 16.5. The Labute approximate surface area is 399 Å². The number of rotatable bonds is 53. The van der Waals surface area contributed by atoms with Crippen molar-refractivity contribution in [1.82, 2.24) is 5.32 Å². The van der Waals surface area contributed by atoms with Gasteiger partial charge in [0.2, 0.25) is 5.91 Å². The number of aliphatic hydroxyl groups is 2. The van der Waals surface area contributed by atoms with Crippen molar-refractivity contribution in [1.29, 1.82) is 0 Å². The van der Waals surface area contributed by atoms with E-state index in [1.165, 1.54) is 225 Å². The van der Waals surface area contributed by atoms with Crippen LogP contribution in [0.3, 0.4) is 0 Å². The zero-order valence-corrected chi connectivity index (χ0v) is 43.4. The number of amides is 1. The second kappa shape index (κ2) is 52.6. The van der Waals surface area contributed by atoms with E-state index in [0.717, 1.165) is 51.4 Å². The van der Waals surface area contributed by atoms with Gasteiger partial charge in [-0.25, -0.2) is 0 Å². The molecule has 0 aromatic rings. The van der Waals surface area contributed by atoms with Gasteiger partial charge in [0.1, 0.15) is 6.10 Å². The highest BCUT2D eigenvalue weighted by Crippen LogP contribution is 2.19. The fourth-order valence-corrected chi connectivity index (χ4v) is 9.20. The molecule has 0 aromatic carbocycles. The molecule has 0 fully saturated rings. The summed E-state index contributed by atoms with van der Waals surface area (Å²) in [5.74, 6) is -0.481. The van der Waals surface area contributed by atoms with Crippen molar-refractivity contribution in [3.05, 3.63) is 12.2 Å². The summed E-state index contributed by atoms with van der Waals surface area (Å²) in [4.78, 5) is 26.2. The zero-order chi connectivity index (χ0) is 46.7. The van der Waals surface area contributed by atoms with Crippen molar-refractivity contribution >= 4 is 11.9 Å². The van der Waals surface area contributed by atoms with E-state index in [-0.39, 0.29) is 24.9 Å². The lowest BCUT2D eigenvalue weighted by atomic mass is 10.0. The van der Waals surface area contributed by atoms with E-state index in [9.17, 15) is 19.8 Å². The summed E-state index contributed by atoms with van der Waals surface area (Å²) < 4.78 is 5.94. The molecule has 3 N–H and O–H groups in total. The van der Waals surface area contributed by atoms with E-state index in [4.69, 9.17) is 4.74 Å². The molecule has 380 valence electrons. The predicted molar refractivity (Wildman–Crippen MR) is 278 cm³/mol. The van der Waals surface area contributed by atoms with E-state index in [0.29, 0.717) is 19.3 Å². The summed E-state index contributed by atoms with van der Waals surface area (Å²) in [6.07, 6.45) is 60.0. The number of hydrogen-bond acceptors (Lipinski definition) is 5. The number of carbonyl (C=O) groups is 2. The Morgan fingerprint density at radius 3 is 1.14 bits per heavy atom. The minimum absolute atomic E-state index is 0.0642. The quantitative estimate of drug-likeness (QED) is 0.0321. The van der Waals surface area contributed by atoms with E-state index in [1.807, 2.05) is 0 Å². The monoisotopic (exact) mass is 904 g/mol. The molecule has 0 saturated heterocycles. The van der Waals surface area contributed by atoms with Crippen LogP contribution in [0.4, 0.5) is 0 Å². The second-order valence-corrected chi connectivity index (χ2v) is 20.1. The largest absolute Gasteiger partial charge is 0.462 e. The molecule has 6 nitrogen and oxygen atoms in total. The van der Waals surface area contributed by atoms with Crippen molar-refractivity contribution < 1.29 is 24.5 Å². The van der Waals surface area contributed by atoms with Crippen LogP contribution in [0.1, 0.15) is 323 Å². The van der Waals surface area contributed by atoms with Crippen LogP contribution in [-0.2, 0) is 14.3 Å². The van der Waals surface area contributed by atoms with Crippen LogP contribution >= 0.6 is 0 Å². The molecule has 0 aliphatic heterocycles. The van der Waals surface area contributed by atoms with Crippen LogP contribution < -0.4 is 5.32 Å². The standard InChI is InChI=1S/C58H113NO5/c1-4-7-10-13-16-19-22-25-27-28-29-30-31-33-36-39-42-45-48-51-58(63)64-54(49-46-43-40-37-34-24-21-18-15-12-9-6-3)52-57(62)59-55(53-60)56(61)50-47-44-41-38-35-32-26-23-20-17-14-11-8-5-2/h37,40,54-56,60-61H,4-36,38-39,41-53H2,1-3H3,(H,59,62)/b40-37-. The van der Waals surface area contributed by atoms with Gasteiger partial charge in [0.15, 0.2) is 0 Å². The van der Waals surface area contributed by atoms with Gasteiger partial charge in [-0.15, -0.1) is 0 Å². The summed E-state index contributed by atoms with van der Waals surface area (Å²) in [5.41, 5.74) is 0. The number of aliphatic hydroxyl groups excluding tert-OH is 2. The first-order valence-corrected chi connectivity index (χ1v) is 28.9. The Balaban J connectivity index is 4.45. The Bertz CT molecular complexity index is 970. The topological polar surface area (TPSA) is 95.9 Å². The van der Waals surface area contributed by atoms with Gasteiger partial charge in [0.25, 0.3) is 0 Å².